The van der Waals surface area contributed by atoms with Crippen molar-refractivity contribution in [2.24, 2.45) is 5.92 Å². The maximum absolute atomic E-state index is 13.4. The van der Waals surface area contributed by atoms with Crippen molar-refractivity contribution in [3.05, 3.63) is 89.5 Å². The van der Waals surface area contributed by atoms with Gasteiger partial charge in [0, 0.05) is 30.3 Å². The fraction of sp³-hybridized carbons (Fsp3) is 0.450. The predicted molar refractivity (Wildman–Crippen MR) is 194 cm³/mol. The summed E-state index contributed by atoms with van der Waals surface area (Å²) in [6.45, 7) is 8.74. The van der Waals surface area contributed by atoms with Crippen LogP contribution in [0, 0.1) is 5.92 Å². The van der Waals surface area contributed by atoms with Crippen molar-refractivity contribution < 1.29 is 33.8 Å². The van der Waals surface area contributed by atoms with Gasteiger partial charge in [-0.25, -0.2) is 4.79 Å². The second kappa shape index (κ2) is 19.5. The van der Waals surface area contributed by atoms with E-state index in [1.54, 1.807) is 72.8 Å². The first kappa shape index (κ1) is 38.1. The zero-order chi connectivity index (χ0) is 35.9. The molecule has 1 aliphatic rings. The second-order valence-electron chi connectivity index (χ2n) is 13.3. The molecule has 10 heteroatoms. The van der Waals surface area contributed by atoms with E-state index in [-0.39, 0.29) is 12.5 Å². The molecule has 0 saturated carbocycles. The molecule has 2 amide bonds. The average Bonchev–Trinajstić information content (AvgIpc) is 3.10. The molecule has 50 heavy (non-hydrogen) atoms. The normalized spacial score (nSPS) is 13.5. The van der Waals surface area contributed by atoms with E-state index >= 15 is 0 Å². The van der Waals surface area contributed by atoms with Crippen molar-refractivity contribution in [3.8, 4) is 11.5 Å². The second-order valence-corrected chi connectivity index (χ2v) is 13.3. The van der Waals surface area contributed by atoms with Crippen molar-refractivity contribution in [3.63, 3.8) is 0 Å². The minimum atomic E-state index is -1.14. The summed E-state index contributed by atoms with van der Waals surface area (Å²) in [6.07, 6.45) is 8.23. The number of piperidine rings is 1. The smallest absolute Gasteiger partial charge is 0.343 e. The van der Waals surface area contributed by atoms with Gasteiger partial charge in [0.05, 0.1) is 12.2 Å². The van der Waals surface area contributed by atoms with E-state index in [0.29, 0.717) is 58.9 Å². The Morgan fingerprint density at radius 1 is 0.840 bits per heavy atom. The Bertz CT molecular complexity index is 1530. The lowest BCUT2D eigenvalue weighted by molar-refractivity contribution is -0.137. The molecule has 0 radical (unpaired) electrons. The zero-order valence-corrected chi connectivity index (χ0v) is 29.6. The molecule has 10 nitrogen and oxygen atoms in total. The van der Waals surface area contributed by atoms with Crippen LogP contribution in [0.4, 0.5) is 5.69 Å². The number of benzene rings is 3. The first-order valence-electron chi connectivity index (χ1n) is 17.8. The highest BCUT2D eigenvalue weighted by Crippen LogP contribution is 2.23. The Morgan fingerprint density at radius 2 is 1.46 bits per heavy atom. The van der Waals surface area contributed by atoms with Gasteiger partial charge in [-0.2, -0.15) is 0 Å². The summed E-state index contributed by atoms with van der Waals surface area (Å²) in [5.74, 6) is -0.798. The van der Waals surface area contributed by atoms with E-state index in [1.165, 1.54) is 24.2 Å². The first-order valence-corrected chi connectivity index (χ1v) is 17.8. The first-order chi connectivity index (χ1) is 24.1. The van der Waals surface area contributed by atoms with Crippen LogP contribution in [0.3, 0.4) is 0 Å². The van der Waals surface area contributed by atoms with Gasteiger partial charge < -0.3 is 29.7 Å². The number of hydrogen-bond acceptors (Lipinski definition) is 7. The van der Waals surface area contributed by atoms with Crippen LogP contribution in [-0.4, -0.2) is 70.9 Å². The number of anilines is 1. The lowest BCUT2D eigenvalue weighted by atomic mass is 9.92. The van der Waals surface area contributed by atoms with Crippen LogP contribution < -0.4 is 14.8 Å². The van der Waals surface area contributed by atoms with Gasteiger partial charge in [-0.1, -0.05) is 44.7 Å². The van der Waals surface area contributed by atoms with Gasteiger partial charge in [-0.15, -0.1) is 0 Å². The minimum Gasteiger partial charge on any atom is -0.494 e. The maximum atomic E-state index is 13.4. The van der Waals surface area contributed by atoms with E-state index in [9.17, 15) is 24.3 Å². The number of nitrogens with zero attached hydrogens (tertiary/aromatic N) is 2. The molecule has 0 bridgehead atoms. The Balaban J connectivity index is 1.26. The lowest BCUT2D eigenvalue weighted by Crippen LogP contribution is -2.39. The van der Waals surface area contributed by atoms with Crippen molar-refractivity contribution in [2.75, 3.05) is 31.6 Å². The van der Waals surface area contributed by atoms with E-state index in [2.05, 4.69) is 31.0 Å². The highest BCUT2D eigenvalue weighted by molar-refractivity contribution is 5.97. The van der Waals surface area contributed by atoms with Gasteiger partial charge in [0.1, 0.15) is 18.0 Å². The number of carboxylic acid groups (broad SMARTS) is 1. The Kier molecular flexibility index (Phi) is 14.8. The summed E-state index contributed by atoms with van der Waals surface area (Å²) < 4.78 is 11.3. The Labute approximate surface area is 295 Å². The number of rotatable bonds is 18. The molecule has 1 fully saturated rings. The number of likely N-dealkylation sites (tertiary alicyclic amines) is 1. The largest absolute Gasteiger partial charge is 0.494 e. The molecule has 268 valence electrons. The number of carbonyl (C=O) groups excluding carboxylic acids is 3. The summed E-state index contributed by atoms with van der Waals surface area (Å²) in [4.78, 5) is 54.1. The number of carboxylic acids is 1. The topological polar surface area (TPSA) is 125 Å². The van der Waals surface area contributed by atoms with Gasteiger partial charge >= 0.3 is 11.9 Å². The third-order valence-corrected chi connectivity index (χ3v) is 9.00. The lowest BCUT2D eigenvalue weighted by Gasteiger charge is -2.34. The molecule has 2 N–H and O–H groups in total. The van der Waals surface area contributed by atoms with Crippen molar-refractivity contribution in [2.45, 2.75) is 84.7 Å². The standard InChI is InChI=1S/C40H51N3O7/c1-4-5-6-7-8-25-49-35-19-13-33(14-20-35)40(48)50-36-17-9-31(10-18-36)27-43(28-38(45)46)39(47)32-11-15-34(16-12-32)41-37(44)26-30-21-23-42(24-22-30)29(2)3/h9-20,29-30H,4-8,21-28H2,1-3H3,(H,41,44)(H,45,46). The molecule has 3 aromatic rings. The summed E-state index contributed by atoms with van der Waals surface area (Å²) in [5.41, 5.74) is 1.94. The predicted octanol–water partition coefficient (Wildman–Crippen LogP) is 7.43. The number of nitrogens with one attached hydrogen (secondary N) is 1. The van der Waals surface area contributed by atoms with Crippen LogP contribution in [-0.2, 0) is 16.1 Å². The Hall–Kier alpha value is -4.70. The van der Waals surface area contributed by atoms with Crippen molar-refractivity contribution >= 4 is 29.4 Å². The zero-order valence-electron chi connectivity index (χ0n) is 29.6. The number of ether oxygens (including phenoxy) is 2. The van der Waals surface area contributed by atoms with Crippen LogP contribution in [0.5, 0.6) is 11.5 Å². The van der Waals surface area contributed by atoms with Crippen LogP contribution in [0.15, 0.2) is 72.8 Å². The molecule has 0 atom stereocenters. The third kappa shape index (κ3) is 12.3. The summed E-state index contributed by atoms with van der Waals surface area (Å²) in [5, 5.41) is 12.4. The number of amides is 2. The SMILES string of the molecule is CCCCCCCOc1ccc(C(=O)Oc2ccc(CN(CC(=O)O)C(=O)c3ccc(NC(=O)CC4CCN(C(C)C)CC4)cc3)cc2)cc1. The number of carbonyl (C=O) groups is 4. The summed E-state index contributed by atoms with van der Waals surface area (Å²) in [7, 11) is 0. The molecule has 0 unspecified atom stereocenters. The van der Waals surface area contributed by atoms with E-state index in [4.69, 9.17) is 9.47 Å². The van der Waals surface area contributed by atoms with Crippen LogP contribution in [0.25, 0.3) is 0 Å². The molecule has 1 saturated heterocycles. The highest BCUT2D eigenvalue weighted by atomic mass is 16.5. The molecular formula is C40H51N3O7. The number of hydrogen-bond donors (Lipinski definition) is 2. The van der Waals surface area contributed by atoms with Gasteiger partial charge in [0.25, 0.3) is 5.91 Å². The Morgan fingerprint density at radius 3 is 2.08 bits per heavy atom. The maximum Gasteiger partial charge on any atom is 0.343 e. The van der Waals surface area contributed by atoms with Crippen molar-refractivity contribution in [1.29, 1.82) is 0 Å². The van der Waals surface area contributed by atoms with Crippen molar-refractivity contribution in [1.82, 2.24) is 9.80 Å². The molecule has 3 aromatic carbocycles. The third-order valence-electron chi connectivity index (χ3n) is 9.00. The average molecular weight is 686 g/mol. The molecule has 0 spiro atoms. The fourth-order valence-electron chi connectivity index (χ4n) is 6.02. The highest BCUT2D eigenvalue weighted by Gasteiger charge is 2.23. The van der Waals surface area contributed by atoms with Crippen LogP contribution in [0.2, 0.25) is 0 Å². The quantitative estimate of drug-likeness (QED) is 0.0805. The number of aliphatic carboxylic acids is 1. The minimum absolute atomic E-state index is 0.0353. The monoisotopic (exact) mass is 685 g/mol. The van der Waals surface area contributed by atoms with Gasteiger partial charge in [-0.3, -0.25) is 14.4 Å². The summed E-state index contributed by atoms with van der Waals surface area (Å²) >= 11 is 0. The van der Waals surface area contributed by atoms with E-state index < -0.39 is 24.4 Å². The molecule has 0 aromatic heterocycles. The van der Waals surface area contributed by atoms with Gasteiger partial charge in [-0.05, 0) is 118 Å². The van der Waals surface area contributed by atoms with E-state index in [0.717, 1.165) is 38.8 Å². The number of esters is 1. The molecular weight excluding hydrogens is 634 g/mol. The fourth-order valence-corrected chi connectivity index (χ4v) is 6.02. The summed E-state index contributed by atoms with van der Waals surface area (Å²) in [6, 6.07) is 20.4. The van der Waals surface area contributed by atoms with Crippen LogP contribution in [0.1, 0.15) is 98.4 Å². The molecule has 1 aliphatic heterocycles. The van der Waals surface area contributed by atoms with E-state index in [1.807, 2.05) is 0 Å². The molecule has 0 aliphatic carbocycles. The number of unbranched alkanes of at least 4 members (excludes halogenated alkanes) is 4. The molecule has 1 heterocycles. The van der Waals surface area contributed by atoms with Crippen LogP contribution >= 0.6 is 0 Å². The van der Waals surface area contributed by atoms with Gasteiger partial charge in [0.15, 0.2) is 0 Å². The molecule has 4 rings (SSSR count). The van der Waals surface area contributed by atoms with Gasteiger partial charge in [0.2, 0.25) is 5.91 Å².